The summed E-state index contributed by atoms with van der Waals surface area (Å²) >= 11 is 3.58. The van der Waals surface area contributed by atoms with E-state index in [4.69, 9.17) is 14.2 Å². The van der Waals surface area contributed by atoms with Crippen molar-refractivity contribution in [2.24, 2.45) is 0 Å². The number of ether oxygens (including phenoxy) is 3. The normalized spacial score (nSPS) is 11.0. The Kier molecular flexibility index (Phi) is 7.16. The molecule has 0 aliphatic heterocycles. The van der Waals surface area contributed by atoms with Gasteiger partial charge in [0.1, 0.15) is 12.4 Å². The predicted octanol–water partition coefficient (Wildman–Crippen LogP) is 6.42. The Labute approximate surface area is 185 Å². The highest BCUT2D eigenvalue weighted by atomic mass is 79.9. The Morgan fingerprint density at radius 1 is 1.00 bits per heavy atom. The van der Waals surface area contributed by atoms with Gasteiger partial charge < -0.3 is 14.2 Å². The molecule has 0 aliphatic carbocycles. The van der Waals surface area contributed by atoms with E-state index in [-0.39, 0.29) is 0 Å². The van der Waals surface area contributed by atoms with Crippen molar-refractivity contribution < 1.29 is 14.2 Å². The average Bonchev–Trinajstić information content (AvgIpc) is 2.77. The number of allylic oxidation sites excluding steroid dienone is 1. The number of hydrogen-bond acceptors (Lipinski definition) is 4. The third-order valence-electron chi connectivity index (χ3n) is 4.59. The molecule has 0 saturated heterocycles. The van der Waals surface area contributed by atoms with Gasteiger partial charge in [-0.3, -0.25) is 0 Å². The Hall–Kier alpha value is -3.23. The van der Waals surface area contributed by atoms with E-state index in [1.54, 1.807) is 14.2 Å². The van der Waals surface area contributed by atoms with E-state index < -0.39 is 0 Å². The summed E-state index contributed by atoms with van der Waals surface area (Å²) in [5, 5.41) is 9.63. The number of aryl methyl sites for hydroxylation is 1. The van der Waals surface area contributed by atoms with Crippen molar-refractivity contribution in [3.63, 3.8) is 0 Å². The number of nitriles is 1. The minimum absolute atomic E-state index is 0.430. The number of hydrogen-bond donors (Lipinski definition) is 0. The van der Waals surface area contributed by atoms with Crippen LogP contribution in [0.15, 0.2) is 65.1 Å². The number of halogens is 1. The van der Waals surface area contributed by atoms with Gasteiger partial charge in [-0.15, -0.1) is 0 Å². The Bertz CT molecular complexity index is 1080. The molecule has 3 rings (SSSR count). The molecule has 5 heteroatoms. The highest BCUT2D eigenvalue weighted by Gasteiger charge is 2.12. The number of benzene rings is 3. The molecule has 0 bridgehead atoms. The summed E-state index contributed by atoms with van der Waals surface area (Å²) in [6, 6.07) is 21.6. The van der Waals surface area contributed by atoms with Gasteiger partial charge in [0, 0.05) is 0 Å². The van der Waals surface area contributed by atoms with Crippen LogP contribution in [0.1, 0.15) is 22.3 Å². The molecule has 0 spiro atoms. The molecule has 0 saturated carbocycles. The first-order valence-corrected chi connectivity index (χ1v) is 10.2. The van der Waals surface area contributed by atoms with Gasteiger partial charge in [-0.1, -0.05) is 29.8 Å². The number of rotatable bonds is 7. The van der Waals surface area contributed by atoms with E-state index in [2.05, 4.69) is 41.1 Å². The quantitative estimate of drug-likeness (QED) is 0.299. The monoisotopic (exact) mass is 463 g/mol. The van der Waals surface area contributed by atoms with Crippen LogP contribution in [0.5, 0.6) is 17.2 Å². The van der Waals surface area contributed by atoms with Gasteiger partial charge in [0.05, 0.1) is 30.3 Å². The summed E-state index contributed by atoms with van der Waals surface area (Å²) in [5.41, 5.74) is 4.46. The molecule has 3 aromatic carbocycles. The lowest BCUT2D eigenvalue weighted by atomic mass is 10.0. The van der Waals surface area contributed by atoms with Gasteiger partial charge >= 0.3 is 0 Å². The molecule has 0 aromatic heterocycles. The maximum absolute atomic E-state index is 9.63. The van der Waals surface area contributed by atoms with Crippen LogP contribution in [0, 0.1) is 18.3 Å². The van der Waals surface area contributed by atoms with Crippen molar-refractivity contribution in [3.05, 3.63) is 87.4 Å². The van der Waals surface area contributed by atoms with Crippen LogP contribution < -0.4 is 14.2 Å². The fourth-order valence-electron chi connectivity index (χ4n) is 2.92. The minimum Gasteiger partial charge on any atom is -0.497 e. The standard InChI is InChI=1S/C25H22BrNO3/c1-17-4-6-18(7-5-17)16-30-25-23(26)13-19(14-24(25)29-3)12-21(15-27)20-8-10-22(28-2)11-9-20/h4-14H,16H2,1-3H3/b21-12+. The van der Waals surface area contributed by atoms with E-state index in [0.717, 1.165) is 26.9 Å². The maximum Gasteiger partial charge on any atom is 0.175 e. The summed E-state index contributed by atoms with van der Waals surface area (Å²) in [6.07, 6.45) is 1.82. The van der Waals surface area contributed by atoms with E-state index in [1.165, 1.54) is 5.56 Å². The second-order valence-electron chi connectivity index (χ2n) is 6.71. The highest BCUT2D eigenvalue weighted by Crippen LogP contribution is 2.38. The van der Waals surface area contributed by atoms with Crippen LogP contribution in [0.2, 0.25) is 0 Å². The molecular formula is C25H22BrNO3. The fraction of sp³-hybridized carbons (Fsp3) is 0.160. The first kappa shape index (κ1) is 21.5. The molecule has 0 amide bonds. The molecule has 30 heavy (non-hydrogen) atoms. The fourth-order valence-corrected chi connectivity index (χ4v) is 3.49. The van der Waals surface area contributed by atoms with E-state index in [9.17, 15) is 5.26 Å². The van der Waals surface area contributed by atoms with Crippen LogP contribution >= 0.6 is 15.9 Å². The van der Waals surface area contributed by atoms with Crippen molar-refractivity contribution in [1.82, 2.24) is 0 Å². The minimum atomic E-state index is 0.430. The van der Waals surface area contributed by atoms with Crippen LogP contribution in [-0.2, 0) is 6.61 Å². The molecule has 0 N–H and O–H groups in total. The Balaban J connectivity index is 1.87. The van der Waals surface area contributed by atoms with Gasteiger partial charge in [-0.25, -0.2) is 0 Å². The molecule has 0 heterocycles. The topological polar surface area (TPSA) is 51.5 Å². The van der Waals surface area contributed by atoms with E-state index in [0.29, 0.717) is 23.7 Å². The summed E-state index contributed by atoms with van der Waals surface area (Å²) < 4.78 is 17.5. The van der Waals surface area contributed by atoms with Crippen LogP contribution in [-0.4, -0.2) is 14.2 Å². The molecule has 152 valence electrons. The first-order valence-electron chi connectivity index (χ1n) is 9.36. The number of nitrogens with zero attached hydrogens (tertiary/aromatic N) is 1. The van der Waals surface area contributed by atoms with Crippen molar-refractivity contribution in [2.75, 3.05) is 14.2 Å². The molecule has 0 unspecified atom stereocenters. The van der Waals surface area contributed by atoms with Crippen LogP contribution in [0.3, 0.4) is 0 Å². The lowest BCUT2D eigenvalue weighted by molar-refractivity contribution is 0.282. The molecule has 0 fully saturated rings. The van der Waals surface area contributed by atoms with Crippen molar-refractivity contribution in [3.8, 4) is 23.3 Å². The summed E-state index contributed by atoms with van der Waals surface area (Å²) in [6.45, 7) is 2.48. The molecular weight excluding hydrogens is 442 g/mol. The number of methoxy groups -OCH3 is 2. The van der Waals surface area contributed by atoms with Gasteiger partial charge in [0.15, 0.2) is 11.5 Å². The maximum atomic E-state index is 9.63. The van der Waals surface area contributed by atoms with Gasteiger partial charge in [0.2, 0.25) is 0 Å². The zero-order chi connectivity index (χ0) is 21.5. The molecule has 0 aliphatic rings. The summed E-state index contributed by atoms with van der Waals surface area (Å²) in [5.74, 6) is 1.96. The van der Waals surface area contributed by atoms with Crippen LogP contribution in [0.25, 0.3) is 11.6 Å². The van der Waals surface area contributed by atoms with Crippen LogP contribution in [0.4, 0.5) is 0 Å². The Morgan fingerprint density at radius 2 is 1.70 bits per heavy atom. The summed E-state index contributed by atoms with van der Waals surface area (Å²) in [4.78, 5) is 0. The van der Waals surface area contributed by atoms with Crippen molar-refractivity contribution in [2.45, 2.75) is 13.5 Å². The molecule has 4 nitrogen and oxygen atoms in total. The second kappa shape index (κ2) is 10.00. The highest BCUT2D eigenvalue weighted by molar-refractivity contribution is 9.10. The van der Waals surface area contributed by atoms with E-state index >= 15 is 0 Å². The smallest absolute Gasteiger partial charge is 0.175 e. The molecule has 3 aromatic rings. The lowest BCUT2D eigenvalue weighted by Gasteiger charge is -2.14. The van der Waals surface area contributed by atoms with Crippen molar-refractivity contribution in [1.29, 1.82) is 5.26 Å². The summed E-state index contributed by atoms with van der Waals surface area (Å²) in [7, 11) is 3.21. The zero-order valence-corrected chi connectivity index (χ0v) is 18.7. The molecule has 0 atom stereocenters. The first-order chi connectivity index (χ1) is 14.5. The largest absolute Gasteiger partial charge is 0.497 e. The average molecular weight is 464 g/mol. The SMILES string of the molecule is COc1ccc(/C(C#N)=C/c2cc(Br)c(OCc3ccc(C)cc3)c(OC)c2)cc1. The predicted molar refractivity (Wildman–Crippen MR) is 123 cm³/mol. The van der Waals surface area contributed by atoms with Gasteiger partial charge in [-0.2, -0.15) is 5.26 Å². The lowest BCUT2D eigenvalue weighted by Crippen LogP contribution is -1.99. The van der Waals surface area contributed by atoms with Crippen molar-refractivity contribution >= 4 is 27.6 Å². The molecule has 0 radical (unpaired) electrons. The Morgan fingerprint density at radius 3 is 2.30 bits per heavy atom. The zero-order valence-electron chi connectivity index (χ0n) is 17.1. The second-order valence-corrected chi connectivity index (χ2v) is 7.56. The third-order valence-corrected chi connectivity index (χ3v) is 5.18. The van der Waals surface area contributed by atoms with E-state index in [1.807, 2.05) is 54.6 Å². The third kappa shape index (κ3) is 5.22. The van der Waals surface area contributed by atoms with Gasteiger partial charge in [0.25, 0.3) is 0 Å². The van der Waals surface area contributed by atoms with Gasteiger partial charge in [-0.05, 0) is 82.0 Å².